The number of rotatable bonds is 3. The SMILES string of the molecule is NC(=O)c1nccc(C(=O)c2cccc3ccccc23)c1N. The maximum atomic E-state index is 12.8. The minimum atomic E-state index is -0.759. The lowest BCUT2D eigenvalue weighted by atomic mass is 9.96. The monoisotopic (exact) mass is 291 g/mol. The van der Waals surface area contributed by atoms with Crippen LogP contribution in [0.2, 0.25) is 0 Å². The van der Waals surface area contributed by atoms with Gasteiger partial charge in [0.2, 0.25) is 0 Å². The summed E-state index contributed by atoms with van der Waals surface area (Å²) in [5, 5.41) is 1.78. The molecule has 2 aromatic carbocycles. The number of pyridine rings is 1. The van der Waals surface area contributed by atoms with Gasteiger partial charge in [-0.3, -0.25) is 9.59 Å². The van der Waals surface area contributed by atoms with Crippen LogP contribution in [0.4, 0.5) is 5.69 Å². The number of carbonyl (C=O) groups excluding carboxylic acids is 2. The van der Waals surface area contributed by atoms with Crippen LogP contribution in [-0.4, -0.2) is 16.7 Å². The second-order valence-corrected chi connectivity index (χ2v) is 4.84. The van der Waals surface area contributed by atoms with Crippen LogP contribution in [-0.2, 0) is 0 Å². The van der Waals surface area contributed by atoms with Crippen molar-refractivity contribution >= 4 is 28.2 Å². The van der Waals surface area contributed by atoms with E-state index >= 15 is 0 Å². The molecule has 0 spiro atoms. The fourth-order valence-electron chi connectivity index (χ4n) is 2.44. The fraction of sp³-hybridized carbons (Fsp3) is 0. The number of amides is 1. The van der Waals surface area contributed by atoms with Crippen molar-refractivity contribution < 1.29 is 9.59 Å². The largest absolute Gasteiger partial charge is 0.396 e. The Morgan fingerprint density at radius 2 is 1.64 bits per heavy atom. The second kappa shape index (κ2) is 5.29. The molecule has 0 aliphatic heterocycles. The summed E-state index contributed by atoms with van der Waals surface area (Å²) in [5.41, 5.74) is 11.8. The Morgan fingerprint density at radius 1 is 0.909 bits per heavy atom. The quantitative estimate of drug-likeness (QED) is 0.722. The number of nitrogens with zero attached hydrogens (tertiary/aromatic N) is 1. The number of hydrogen-bond acceptors (Lipinski definition) is 4. The molecule has 0 bridgehead atoms. The van der Waals surface area contributed by atoms with Gasteiger partial charge in [0, 0.05) is 17.3 Å². The van der Waals surface area contributed by atoms with E-state index in [1.807, 2.05) is 36.4 Å². The molecule has 0 unspecified atom stereocenters. The number of anilines is 1. The van der Waals surface area contributed by atoms with Gasteiger partial charge in [-0.1, -0.05) is 42.5 Å². The van der Waals surface area contributed by atoms with E-state index in [-0.39, 0.29) is 22.7 Å². The van der Waals surface area contributed by atoms with Gasteiger partial charge in [0.25, 0.3) is 5.91 Å². The Kier molecular flexibility index (Phi) is 3.31. The number of fused-ring (bicyclic) bond motifs is 1. The lowest BCUT2D eigenvalue weighted by Crippen LogP contribution is -2.18. The number of ketones is 1. The molecule has 0 fully saturated rings. The van der Waals surface area contributed by atoms with Gasteiger partial charge in [-0.2, -0.15) is 0 Å². The second-order valence-electron chi connectivity index (χ2n) is 4.84. The molecule has 1 amide bonds. The molecule has 0 radical (unpaired) electrons. The number of benzene rings is 2. The van der Waals surface area contributed by atoms with E-state index in [9.17, 15) is 9.59 Å². The molecule has 1 heterocycles. The summed E-state index contributed by atoms with van der Waals surface area (Å²) in [6, 6.07) is 14.5. The lowest BCUT2D eigenvalue weighted by molar-refractivity contribution is 0.0996. The van der Waals surface area contributed by atoms with Crippen LogP contribution in [0.25, 0.3) is 10.8 Å². The highest BCUT2D eigenvalue weighted by Crippen LogP contribution is 2.24. The van der Waals surface area contributed by atoms with Gasteiger partial charge < -0.3 is 11.5 Å². The third-order valence-electron chi connectivity index (χ3n) is 3.50. The zero-order valence-corrected chi connectivity index (χ0v) is 11.6. The molecule has 0 saturated heterocycles. The van der Waals surface area contributed by atoms with Gasteiger partial charge in [-0.25, -0.2) is 4.98 Å². The molecular weight excluding hydrogens is 278 g/mol. The van der Waals surface area contributed by atoms with Gasteiger partial charge in [0.1, 0.15) is 0 Å². The smallest absolute Gasteiger partial charge is 0.269 e. The Balaban J connectivity index is 2.19. The molecule has 5 heteroatoms. The molecule has 0 aliphatic rings. The van der Waals surface area contributed by atoms with Crippen molar-refractivity contribution in [2.75, 3.05) is 5.73 Å². The van der Waals surface area contributed by atoms with E-state index in [0.717, 1.165) is 10.8 Å². The first-order valence-corrected chi connectivity index (χ1v) is 6.66. The van der Waals surface area contributed by atoms with Gasteiger partial charge in [0.15, 0.2) is 11.5 Å². The molecule has 108 valence electrons. The minimum Gasteiger partial charge on any atom is -0.396 e. The molecule has 3 rings (SSSR count). The topological polar surface area (TPSA) is 99.1 Å². The number of primary amides is 1. The van der Waals surface area contributed by atoms with Crippen LogP contribution in [0, 0.1) is 0 Å². The van der Waals surface area contributed by atoms with Crippen LogP contribution in [0.15, 0.2) is 54.7 Å². The van der Waals surface area contributed by atoms with Gasteiger partial charge in [-0.05, 0) is 16.8 Å². The molecule has 22 heavy (non-hydrogen) atoms. The van der Waals surface area contributed by atoms with E-state index < -0.39 is 5.91 Å². The molecule has 1 aromatic heterocycles. The highest BCUT2D eigenvalue weighted by atomic mass is 16.1. The Hall–Kier alpha value is -3.21. The highest BCUT2D eigenvalue weighted by molar-refractivity contribution is 6.19. The average molecular weight is 291 g/mol. The van der Waals surface area contributed by atoms with Crippen molar-refractivity contribution in [1.29, 1.82) is 0 Å². The zero-order valence-electron chi connectivity index (χ0n) is 11.6. The predicted octanol–water partition coefficient (Wildman–Crippen LogP) is 2.15. The summed E-state index contributed by atoms with van der Waals surface area (Å²) in [4.78, 5) is 27.9. The van der Waals surface area contributed by atoms with E-state index in [1.54, 1.807) is 6.07 Å². The lowest BCUT2D eigenvalue weighted by Gasteiger charge is -2.09. The van der Waals surface area contributed by atoms with Crippen LogP contribution < -0.4 is 11.5 Å². The van der Waals surface area contributed by atoms with Gasteiger partial charge >= 0.3 is 0 Å². The van der Waals surface area contributed by atoms with Crippen molar-refractivity contribution in [3.8, 4) is 0 Å². The number of nitrogen functional groups attached to an aromatic ring is 1. The molecule has 4 N–H and O–H groups in total. The first-order chi connectivity index (χ1) is 10.6. The molecule has 0 aliphatic carbocycles. The summed E-state index contributed by atoms with van der Waals surface area (Å²) in [6.07, 6.45) is 1.36. The number of hydrogen-bond donors (Lipinski definition) is 2. The predicted molar refractivity (Wildman–Crippen MR) is 84.5 cm³/mol. The maximum Gasteiger partial charge on any atom is 0.269 e. The van der Waals surface area contributed by atoms with Crippen LogP contribution in [0.1, 0.15) is 26.4 Å². The van der Waals surface area contributed by atoms with Crippen LogP contribution >= 0.6 is 0 Å². The van der Waals surface area contributed by atoms with Gasteiger partial charge in [0.05, 0.1) is 5.69 Å². The van der Waals surface area contributed by atoms with E-state index in [2.05, 4.69) is 4.98 Å². The van der Waals surface area contributed by atoms with E-state index in [1.165, 1.54) is 12.3 Å². The normalized spacial score (nSPS) is 10.5. The summed E-state index contributed by atoms with van der Waals surface area (Å²) in [6.45, 7) is 0. The Bertz CT molecular complexity index is 898. The first-order valence-electron chi connectivity index (χ1n) is 6.66. The van der Waals surface area contributed by atoms with Crippen LogP contribution in [0.3, 0.4) is 0 Å². The van der Waals surface area contributed by atoms with E-state index in [0.29, 0.717) is 5.56 Å². The summed E-state index contributed by atoms with van der Waals surface area (Å²) >= 11 is 0. The standard InChI is InChI=1S/C17H13N3O2/c18-14-13(8-9-20-15(14)17(19)22)16(21)12-7-3-5-10-4-1-2-6-11(10)12/h1-9H,18H2,(H2,19,22). The fourth-order valence-corrected chi connectivity index (χ4v) is 2.44. The summed E-state index contributed by atoms with van der Waals surface area (Å²) in [7, 11) is 0. The Morgan fingerprint density at radius 3 is 2.41 bits per heavy atom. The number of nitrogens with two attached hydrogens (primary N) is 2. The maximum absolute atomic E-state index is 12.8. The molecule has 0 saturated carbocycles. The minimum absolute atomic E-state index is 0.00735. The van der Waals surface area contributed by atoms with Crippen molar-refractivity contribution in [3.63, 3.8) is 0 Å². The third kappa shape index (κ3) is 2.18. The molecule has 5 nitrogen and oxygen atoms in total. The van der Waals surface area contributed by atoms with Crippen molar-refractivity contribution in [3.05, 3.63) is 71.5 Å². The number of aromatic nitrogens is 1. The number of carbonyl (C=O) groups is 2. The van der Waals surface area contributed by atoms with Crippen molar-refractivity contribution in [2.45, 2.75) is 0 Å². The zero-order chi connectivity index (χ0) is 15.7. The Labute approximate surface area is 126 Å². The first kappa shape index (κ1) is 13.8. The van der Waals surface area contributed by atoms with Crippen molar-refractivity contribution in [1.82, 2.24) is 4.98 Å². The highest BCUT2D eigenvalue weighted by Gasteiger charge is 2.19. The van der Waals surface area contributed by atoms with Gasteiger partial charge in [-0.15, -0.1) is 0 Å². The molecule has 0 atom stereocenters. The van der Waals surface area contributed by atoms with Crippen LogP contribution in [0.5, 0.6) is 0 Å². The summed E-state index contributed by atoms with van der Waals surface area (Å²) in [5.74, 6) is -1.02. The molecule has 3 aromatic rings. The summed E-state index contributed by atoms with van der Waals surface area (Å²) < 4.78 is 0. The third-order valence-corrected chi connectivity index (χ3v) is 3.50. The average Bonchev–Trinajstić information content (AvgIpc) is 2.53. The molecular formula is C17H13N3O2. The van der Waals surface area contributed by atoms with E-state index in [4.69, 9.17) is 11.5 Å². The van der Waals surface area contributed by atoms with Crippen molar-refractivity contribution in [2.24, 2.45) is 5.73 Å².